The lowest BCUT2D eigenvalue weighted by atomic mass is 10.4. The molecule has 26 heavy (non-hydrogen) atoms. The monoisotopic (exact) mass is 489 g/mol. The summed E-state index contributed by atoms with van der Waals surface area (Å²) in [4.78, 5) is 21.5. The summed E-state index contributed by atoms with van der Waals surface area (Å²) in [5, 5.41) is 11.3. The van der Waals surface area contributed by atoms with Crippen LogP contribution >= 0.6 is 35.3 Å². The zero-order chi connectivity index (χ0) is 17.5. The highest BCUT2D eigenvalue weighted by Gasteiger charge is 2.28. The Morgan fingerprint density at radius 1 is 1.35 bits per heavy atom. The van der Waals surface area contributed by atoms with Crippen LogP contribution in [0, 0.1) is 5.92 Å². The van der Waals surface area contributed by atoms with Gasteiger partial charge in [0.05, 0.1) is 11.4 Å². The SMILES string of the molecule is CCNC(=NCc1coc(-c2cccs2)n1)NCCNC(=O)C1CC1.I. The molecule has 1 aliphatic rings. The molecule has 0 aromatic carbocycles. The second-order valence-corrected chi connectivity index (χ2v) is 6.76. The van der Waals surface area contributed by atoms with Gasteiger partial charge in [-0.25, -0.2) is 9.98 Å². The van der Waals surface area contributed by atoms with Crippen molar-refractivity contribution in [3.8, 4) is 10.8 Å². The number of thiophene rings is 1. The number of aromatic nitrogens is 1. The van der Waals surface area contributed by atoms with Gasteiger partial charge in [0.15, 0.2) is 5.96 Å². The quantitative estimate of drug-likeness (QED) is 0.230. The van der Waals surface area contributed by atoms with Crippen molar-refractivity contribution in [2.24, 2.45) is 10.9 Å². The van der Waals surface area contributed by atoms with Crippen LogP contribution < -0.4 is 16.0 Å². The van der Waals surface area contributed by atoms with E-state index in [1.54, 1.807) is 17.6 Å². The number of carbonyl (C=O) groups is 1. The molecule has 142 valence electrons. The first-order valence-corrected chi connectivity index (χ1v) is 9.42. The van der Waals surface area contributed by atoms with E-state index in [1.807, 2.05) is 24.4 Å². The molecule has 0 bridgehead atoms. The van der Waals surface area contributed by atoms with E-state index in [9.17, 15) is 4.79 Å². The van der Waals surface area contributed by atoms with Crippen LogP contribution in [0.3, 0.4) is 0 Å². The highest BCUT2D eigenvalue weighted by atomic mass is 127. The smallest absolute Gasteiger partial charge is 0.236 e. The van der Waals surface area contributed by atoms with Gasteiger partial charge in [-0.3, -0.25) is 4.79 Å². The molecule has 7 nitrogen and oxygen atoms in total. The van der Waals surface area contributed by atoms with Gasteiger partial charge in [-0.05, 0) is 31.2 Å². The van der Waals surface area contributed by atoms with Crippen LogP contribution in [0.5, 0.6) is 0 Å². The van der Waals surface area contributed by atoms with Crippen LogP contribution in [-0.4, -0.2) is 36.5 Å². The Hall–Kier alpha value is -1.62. The Kier molecular flexibility index (Phi) is 8.36. The second kappa shape index (κ2) is 10.5. The highest BCUT2D eigenvalue weighted by molar-refractivity contribution is 14.0. The van der Waals surface area contributed by atoms with E-state index in [4.69, 9.17) is 4.42 Å². The Morgan fingerprint density at radius 2 is 2.15 bits per heavy atom. The summed E-state index contributed by atoms with van der Waals surface area (Å²) in [6, 6.07) is 3.95. The Labute approximate surface area is 174 Å². The summed E-state index contributed by atoms with van der Waals surface area (Å²) in [7, 11) is 0. The first-order valence-electron chi connectivity index (χ1n) is 8.54. The number of nitrogens with zero attached hydrogens (tertiary/aromatic N) is 2. The lowest BCUT2D eigenvalue weighted by Crippen LogP contribution is -2.41. The van der Waals surface area contributed by atoms with Crippen LogP contribution in [0.4, 0.5) is 0 Å². The highest BCUT2D eigenvalue weighted by Crippen LogP contribution is 2.28. The minimum atomic E-state index is 0. The van der Waals surface area contributed by atoms with E-state index in [0.717, 1.165) is 30.0 Å². The molecule has 0 aliphatic heterocycles. The van der Waals surface area contributed by atoms with E-state index >= 15 is 0 Å². The number of aliphatic imine (C=N–C) groups is 1. The largest absolute Gasteiger partial charge is 0.443 e. The molecule has 2 aromatic heterocycles. The van der Waals surface area contributed by atoms with E-state index in [-0.39, 0.29) is 35.8 Å². The number of amides is 1. The van der Waals surface area contributed by atoms with Crippen LogP contribution in [0.25, 0.3) is 10.8 Å². The van der Waals surface area contributed by atoms with E-state index < -0.39 is 0 Å². The normalized spacial score (nSPS) is 13.8. The molecule has 0 atom stereocenters. The molecule has 0 saturated heterocycles. The van der Waals surface area contributed by atoms with Crippen LogP contribution in [0.1, 0.15) is 25.5 Å². The van der Waals surface area contributed by atoms with E-state index in [0.29, 0.717) is 31.5 Å². The molecule has 1 aliphatic carbocycles. The van der Waals surface area contributed by atoms with Gasteiger partial charge in [-0.1, -0.05) is 6.07 Å². The second-order valence-electron chi connectivity index (χ2n) is 5.81. The number of carbonyl (C=O) groups excluding carboxylic acids is 1. The van der Waals surface area contributed by atoms with Crippen molar-refractivity contribution in [3.63, 3.8) is 0 Å². The van der Waals surface area contributed by atoms with Crippen molar-refractivity contribution in [1.82, 2.24) is 20.9 Å². The van der Waals surface area contributed by atoms with Crippen molar-refractivity contribution >= 4 is 47.2 Å². The fourth-order valence-corrected chi connectivity index (χ4v) is 2.91. The number of halogens is 1. The van der Waals surface area contributed by atoms with Crippen molar-refractivity contribution in [2.45, 2.75) is 26.3 Å². The van der Waals surface area contributed by atoms with Crippen molar-refractivity contribution in [2.75, 3.05) is 19.6 Å². The fraction of sp³-hybridized carbons (Fsp3) is 0.471. The van der Waals surface area contributed by atoms with Gasteiger partial charge in [-0.2, -0.15) is 0 Å². The number of oxazole rings is 1. The molecule has 2 heterocycles. The predicted molar refractivity (Wildman–Crippen MR) is 114 cm³/mol. The Bertz CT molecular complexity index is 713. The van der Waals surface area contributed by atoms with Crippen LogP contribution in [-0.2, 0) is 11.3 Å². The molecule has 3 N–H and O–H groups in total. The molecule has 9 heteroatoms. The van der Waals surface area contributed by atoms with Crippen molar-refractivity contribution in [3.05, 3.63) is 29.5 Å². The molecule has 0 unspecified atom stereocenters. The molecular formula is C17H24IN5O2S. The van der Waals surface area contributed by atoms with Gasteiger partial charge in [-0.15, -0.1) is 35.3 Å². The van der Waals surface area contributed by atoms with Crippen LogP contribution in [0.2, 0.25) is 0 Å². The fourth-order valence-electron chi connectivity index (χ4n) is 2.25. The zero-order valence-corrected chi connectivity index (χ0v) is 17.8. The number of nitrogens with one attached hydrogen (secondary N) is 3. The van der Waals surface area contributed by atoms with Gasteiger partial charge in [0.1, 0.15) is 12.0 Å². The molecule has 1 amide bonds. The summed E-state index contributed by atoms with van der Waals surface area (Å²) in [5.74, 6) is 1.73. The number of guanidine groups is 1. The molecule has 0 spiro atoms. The third-order valence-corrected chi connectivity index (χ3v) is 4.55. The third kappa shape index (κ3) is 6.27. The Morgan fingerprint density at radius 3 is 2.85 bits per heavy atom. The van der Waals surface area contributed by atoms with E-state index in [1.165, 1.54) is 0 Å². The first-order chi connectivity index (χ1) is 12.3. The minimum Gasteiger partial charge on any atom is -0.443 e. The summed E-state index contributed by atoms with van der Waals surface area (Å²) < 4.78 is 5.50. The maximum Gasteiger partial charge on any atom is 0.236 e. The Balaban J connectivity index is 0.00000243. The third-order valence-electron chi connectivity index (χ3n) is 3.69. The molecule has 3 rings (SSSR count). The van der Waals surface area contributed by atoms with E-state index in [2.05, 4.69) is 25.9 Å². The standard InChI is InChI=1S/C17H23N5O2S.HI/c1-2-18-17(20-8-7-19-15(23)12-5-6-12)21-10-13-11-24-16(22-13)14-4-3-9-25-14;/h3-4,9,11-12H,2,5-8,10H2,1H3,(H,19,23)(H2,18,20,21);1H. The molecule has 0 radical (unpaired) electrons. The summed E-state index contributed by atoms with van der Waals surface area (Å²) in [5.41, 5.74) is 0.780. The van der Waals surface area contributed by atoms with Gasteiger partial charge in [0.2, 0.25) is 11.8 Å². The average molecular weight is 489 g/mol. The summed E-state index contributed by atoms with van der Waals surface area (Å²) in [6.45, 7) is 4.42. The topological polar surface area (TPSA) is 91.6 Å². The van der Waals surface area contributed by atoms with Gasteiger partial charge < -0.3 is 20.4 Å². The van der Waals surface area contributed by atoms with Gasteiger partial charge in [0.25, 0.3) is 0 Å². The molecule has 2 aromatic rings. The van der Waals surface area contributed by atoms with Crippen molar-refractivity contribution in [1.29, 1.82) is 0 Å². The lowest BCUT2D eigenvalue weighted by Gasteiger charge is -2.11. The number of hydrogen-bond acceptors (Lipinski definition) is 5. The lowest BCUT2D eigenvalue weighted by molar-refractivity contribution is -0.122. The maximum absolute atomic E-state index is 11.6. The van der Waals surface area contributed by atoms with Gasteiger partial charge >= 0.3 is 0 Å². The molecule has 1 fully saturated rings. The zero-order valence-electron chi connectivity index (χ0n) is 14.7. The summed E-state index contributed by atoms with van der Waals surface area (Å²) in [6.07, 6.45) is 3.68. The molecule has 1 saturated carbocycles. The number of hydrogen-bond donors (Lipinski definition) is 3. The predicted octanol–water partition coefficient (Wildman–Crippen LogP) is 2.60. The van der Waals surface area contributed by atoms with Gasteiger partial charge in [0, 0.05) is 25.6 Å². The average Bonchev–Trinajstić information content (AvgIpc) is 3.12. The van der Waals surface area contributed by atoms with Crippen LogP contribution in [0.15, 0.2) is 33.2 Å². The summed E-state index contributed by atoms with van der Waals surface area (Å²) >= 11 is 1.59. The van der Waals surface area contributed by atoms with Crippen molar-refractivity contribution < 1.29 is 9.21 Å². The number of rotatable bonds is 8. The minimum absolute atomic E-state index is 0. The molecular weight excluding hydrogens is 465 g/mol. The first kappa shape index (κ1) is 20.7. The maximum atomic E-state index is 11.6.